The van der Waals surface area contributed by atoms with Gasteiger partial charge >= 0.3 is 0 Å². The van der Waals surface area contributed by atoms with Gasteiger partial charge in [0.25, 0.3) is 0 Å². The van der Waals surface area contributed by atoms with E-state index in [-0.39, 0.29) is 6.61 Å². The van der Waals surface area contributed by atoms with Gasteiger partial charge in [0.15, 0.2) is 0 Å². The highest BCUT2D eigenvalue weighted by molar-refractivity contribution is 5.76. The molecule has 0 spiro atoms. The number of hydrogen-bond donors (Lipinski definition) is 3. The van der Waals surface area contributed by atoms with Gasteiger partial charge in [-0.3, -0.25) is 0 Å². The van der Waals surface area contributed by atoms with Gasteiger partial charge in [-0.15, -0.1) is 0 Å². The highest BCUT2D eigenvalue weighted by atomic mass is 16.5. The molecule has 29 heavy (non-hydrogen) atoms. The molecule has 9 heteroatoms. The fourth-order valence-corrected chi connectivity index (χ4v) is 3.33. The van der Waals surface area contributed by atoms with Gasteiger partial charge in [-0.1, -0.05) is 6.92 Å². The van der Waals surface area contributed by atoms with Crippen LogP contribution in [0.1, 0.15) is 18.1 Å². The number of anilines is 3. The molecule has 0 saturated carbocycles. The summed E-state index contributed by atoms with van der Waals surface area (Å²) in [5.74, 6) is 0.723. The molecule has 3 N–H and O–H groups in total. The molecule has 2 aromatic heterocycles. The molecular weight excluding hydrogens is 370 g/mol. The minimum atomic E-state index is -0.459. The highest BCUT2D eigenvalue weighted by Gasteiger charge is 2.35. The first kappa shape index (κ1) is 18.6. The smallest absolute Gasteiger partial charge is 0.240 e. The summed E-state index contributed by atoms with van der Waals surface area (Å²) in [5, 5.41) is 25.8. The molecule has 0 bridgehead atoms. The number of hydrogen-bond acceptors (Lipinski definition) is 9. The quantitative estimate of drug-likeness (QED) is 0.601. The second-order valence-electron chi connectivity index (χ2n) is 6.97. The Bertz CT molecular complexity index is 1110. The number of nitrogens with one attached hydrogen (secondary N) is 2. The zero-order valence-electron chi connectivity index (χ0n) is 16.0. The zero-order valence-corrected chi connectivity index (χ0v) is 16.0. The lowest BCUT2D eigenvalue weighted by Gasteiger charge is -2.21. The predicted octanol–water partition coefficient (Wildman–Crippen LogP) is 2.23. The van der Waals surface area contributed by atoms with Crippen molar-refractivity contribution in [3.05, 3.63) is 48.0 Å². The van der Waals surface area contributed by atoms with Crippen molar-refractivity contribution in [2.24, 2.45) is 0 Å². The Balaban J connectivity index is 1.74. The fraction of sp³-hybridized carbons (Fsp3) is 0.250. The van der Waals surface area contributed by atoms with Crippen LogP contribution in [0.4, 0.5) is 17.3 Å². The molecule has 1 aliphatic rings. The third-order valence-electron chi connectivity index (χ3n) is 4.98. The van der Waals surface area contributed by atoms with Gasteiger partial charge in [-0.05, 0) is 23.8 Å². The first-order valence-corrected chi connectivity index (χ1v) is 8.96. The van der Waals surface area contributed by atoms with Crippen molar-refractivity contribution in [2.45, 2.75) is 12.3 Å². The molecule has 1 unspecified atom stereocenters. The van der Waals surface area contributed by atoms with E-state index in [1.807, 2.05) is 13.0 Å². The van der Waals surface area contributed by atoms with Crippen LogP contribution in [0.2, 0.25) is 0 Å². The molecule has 146 valence electrons. The summed E-state index contributed by atoms with van der Waals surface area (Å²) >= 11 is 0. The topological polar surface area (TPSA) is 129 Å². The van der Waals surface area contributed by atoms with Crippen LogP contribution < -0.4 is 15.4 Å². The number of methoxy groups -OCH3 is 1. The molecule has 0 fully saturated rings. The summed E-state index contributed by atoms with van der Waals surface area (Å²) in [6.45, 7) is 2.51. The van der Waals surface area contributed by atoms with Gasteiger partial charge in [-0.25, -0.2) is 15.0 Å². The lowest BCUT2D eigenvalue weighted by atomic mass is 9.83. The van der Waals surface area contributed by atoms with Crippen molar-refractivity contribution in [1.82, 2.24) is 19.9 Å². The van der Waals surface area contributed by atoms with Gasteiger partial charge in [-0.2, -0.15) is 10.2 Å². The van der Waals surface area contributed by atoms with Gasteiger partial charge in [0, 0.05) is 23.7 Å². The largest absolute Gasteiger partial charge is 0.479 e. The van der Waals surface area contributed by atoms with E-state index in [0.717, 1.165) is 16.8 Å². The maximum absolute atomic E-state index is 9.87. The summed E-state index contributed by atoms with van der Waals surface area (Å²) in [4.78, 5) is 16.8. The maximum atomic E-state index is 9.87. The second kappa shape index (κ2) is 7.33. The summed E-state index contributed by atoms with van der Waals surface area (Å²) in [6, 6.07) is 7.75. The van der Waals surface area contributed by atoms with Crippen LogP contribution in [0.3, 0.4) is 0 Å². The molecule has 0 amide bonds. The van der Waals surface area contributed by atoms with E-state index in [1.54, 1.807) is 24.5 Å². The molecule has 9 nitrogen and oxygen atoms in total. The molecule has 0 radical (unpaired) electrons. The molecule has 1 aliphatic heterocycles. The fourth-order valence-electron chi connectivity index (χ4n) is 3.33. The van der Waals surface area contributed by atoms with Crippen molar-refractivity contribution >= 4 is 17.3 Å². The van der Waals surface area contributed by atoms with Crippen LogP contribution in [0, 0.1) is 11.3 Å². The van der Waals surface area contributed by atoms with Gasteiger partial charge in [0.2, 0.25) is 11.8 Å². The van der Waals surface area contributed by atoms with Crippen LogP contribution in [-0.2, 0) is 5.41 Å². The van der Waals surface area contributed by atoms with Crippen LogP contribution in [-0.4, -0.2) is 45.3 Å². The minimum Gasteiger partial charge on any atom is -0.479 e. The molecule has 3 aromatic rings. The van der Waals surface area contributed by atoms with Crippen LogP contribution >= 0.6 is 0 Å². The number of aliphatic hydroxyl groups excluding tert-OH is 1. The van der Waals surface area contributed by atoms with Crippen LogP contribution in [0.5, 0.6) is 5.88 Å². The van der Waals surface area contributed by atoms with E-state index < -0.39 is 5.41 Å². The third-order valence-corrected chi connectivity index (χ3v) is 4.98. The van der Waals surface area contributed by atoms with Gasteiger partial charge < -0.3 is 20.5 Å². The van der Waals surface area contributed by atoms with Gasteiger partial charge in [0.1, 0.15) is 18.1 Å². The van der Waals surface area contributed by atoms with Gasteiger partial charge in [0.05, 0.1) is 36.9 Å². The molecule has 4 rings (SSSR count). The van der Waals surface area contributed by atoms with Crippen LogP contribution in [0.15, 0.2) is 36.9 Å². The number of nitriles is 1. The van der Waals surface area contributed by atoms with E-state index in [4.69, 9.17) is 4.74 Å². The molecular formula is C20H19N7O2. The highest BCUT2D eigenvalue weighted by Crippen LogP contribution is 2.41. The normalized spacial score (nSPS) is 17.2. The summed E-state index contributed by atoms with van der Waals surface area (Å²) in [6.07, 6.45) is 4.59. The standard InChI is InChI=1S/C20H19N7O2/c1-20(10-28)9-24-17-13(7-21)5-12(6-14(17)20)15-3-4-23-19(26-15)27-16-8-22-11-25-18(16)29-2/h3-6,8,11,24,28H,9-10H2,1-2H3,(H,23,26,27). The van der Waals surface area contributed by atoms with E-state index in [1.165, 1.54) is 13.4 Å². The van der Waals surface area contributed by atoms with E-state index in [9.17, 15) is 10.4 Å². The third kappa shape index (κ3) is 3.30. The molecule has 1 aromatic carbocycles. The SMILES string of the molecule is COc1ncncc1Nc1nccc(-c2cc(C#N)c3c(c2)C(C)(CO)CN3)n1. The number of aliphatic hydroxyl groups is 1. The second-order valence-corrected chi connectivity index (χ2v) is 6.97. The lowest BCUT2D eigenvalue weighted by Crippen LogP contribution is -2.28. The Labute approximate surface area is 167 Å². The zero-order chi connectivity index (χ0) is 20.4. The Hall–Kier alpha value is -3.77. The molecule has 1 atom stereocenters. The Morgan fingerprint density at radius 2 is 2.24 bits per heavy atom. The first-order chi connectivity index (χ1) is 14.1. The molecule has 0 aliphatic carbocycles. The van der Waals surface area contributed by atoms with Crippen molar-refractivity contribution < 1.29 is 9.84 Å². The molecule has 3 heterocycles. The number of aromatic nitrogens is 4. The predicted molar refractivity (Wildman–Crippen MR) is 107 cm³/mol. The Morgan fingerprint density at radius 1 is 1.38 bits per heavy atom. The average Bonchev–Trinajstić information content (AvgIpc) is 3.11. The maximum Gasteiger partial charge on any atom is 0.240 e. The van der Waals surface area contributed by atoms with E-state index in [2.05, 4.69) is 36.6 Å². The van der Waals surface area contributed by atoms with Crippen molar-refractivity contribution in [2.75, 3.05) is 30.9 Å². The number of ether oxygens (including phenoxy) is 1. The monoisotopic (exact) mass is 389 g/mol. The number of rotatable bonds is 5. The minimum absolute atomic E-state index is 0.0221. The van der Waals surface area contributed by atoms with Crippen molar-refractivity contribution in [1.29, 1.82) is 5.26 Å². The summed E-state index contributed by atoms with van der Waals surface area (Å²) < 4.78 is 5.21. The molecule has 0 saturated heterocycles. The number of fused-ring (bicyclic) bond motifs is 1. The number of benzene rings is 1. The Morgan fingerprint density at radius 3 is 3.00 bits per heavy atom. The summed E-state index contributed by atoms with van der Waals surface area (Å²) in [5.41, 5.74) is 3.68. The van der Waals surface area contributed by atoms with E-state index >= 15 is 0 Å². The van der Waals surface area contributed by atoms with Crippen molar-refractivity contribution in [3.63, 3.8) is 0 Å². The van der Waals surface area contributed by atoms with Crippen molar-refractivity contribution in [3.8, 4) is 23.2 Å². The van der Waals surface area contributed by atoms with Crippen LogP contribution in [0.25, 0.3) is 11.3 Å². The average molecular weight is 389 g/mol. The summed E-state index contributed by atoms with van der Waals surface area (Å²) in [7, 11) is 1.52. The Kier molecular flexibility index (Phi) is 4.70. The first-order valence-electron chi connectivity index (χ1n) is 8.96. The number of nitrogens with zero attached hydrogens (tertiary/aromatic N) is 5. The lowest BCUT2D eigenvalue weighted by molar-refractivity contribution is 0.219. The van der Waals surface area contributed by atoms with E-state index in [0.29, 0.717) is 35.3 Å².